The number of methoxy groups -OCH3 is 1. The van der Waals surface area contributed by atoms with Crippen LogP contribution in [0.15, 0.2) is 54.6 Å². The van der Waals surface area contributed by atoms with Gasteiger partial charge in [-0.2, -0.15) is 0 Å². The lowest BCUT2D eigenvalue weighted by Gasteiger charge is -2.29. The van der Waals surface area contributed by atoms with Gasteiger partial charge in [-0.3, -0.25) is 5.41 Å². The molecule has 4 heteroatoms. The Labute approximate surface area is 154 Å². The van der Waals surface area contributed by atoms with Gasteiger partial charge in [0.25, 0.3) is 0 Å². The zero-order valence-corrected chi connectivity index (χ0v) is 15.4. The van der Waals surface area contributed by atoms with Gasteiger partial charge in [0.2, 0.25) is 5.96 Å². The van der Waals surface area contributed by atoms with Crippen LogP contribution in [0, 0.1) is 5.41 Å². The first-order valence-corrected chi connectivity index (χ1v) is 8.83. The van der Waals surface area contributed by atoms with Crippen LogP contribution < -0.4 is 14.5 Å². The van der Waals surface area contributed by atoms with E-state index in [1.165, 1.54) is 21.9 Å². The molecule has 0 radical (unpaired) electrons. The normalized spacial score (nSPS) is 12.3. The number of anilines is 2. The van der Waals surface area contributed by atoms with Crippen molar-refractivity contribution in [2.75, 3.05) is 31.0 Å². The molecule has 0 atom stereocenters. The van der Waals surface area contributed by atoms with E-state index < -0.39 is 0 Å². The Kier molecular flexibility index (Phi) is 4.03. The second-order valence-electron chi connectivity index (χ2n) is 6.72. The highest BCUT2D eigenvalue weighted by molar-refractivity contribution is 6.07. The summed E-state index contributed by atoms with van der Waals surface area (Å²) >= 11 is 0. The summed E-state index contributed by atoms with van der Waals surface area (Å²) in [5.41, 5.74) is 4.85. The highest BCUT2D eigenvalue weighted by atomic mass is 16.5. The lowest BCUT2D eigenvalue weighted by molar-refractivity contribution is 0.415. The van der Waals surface area contributed by atoms with Crippen LogP contribution in [0.1, 0.15) is 11.1 Å². The Hall–Kier alpha value is -3.01. The lowest BCUT2D eigenvalue weighted by Crippen LogP contribution is -2.40. The fourth-order valence-electron chi connectivity index (χ4n) is 3.83. The number of nitrogens with zero attached hydrogens (tertiary/aromatic N) is 2. The third-order valence-corrected chi connectivity index (χ3v) is 5.32. The van der Waals surface area contributed by atoms with E-state index in [2.05, 4.69) is 30.3 Å². The summed E-state index contributed by atoms with van der Waals surface area (Å²) in [6.07, 6.45) is 2.12. The van der Waals surface area contributed by atoms with Crippen LogP contribution in [0.2, 0.25) is 0 Å². The number of hydrogen-bond acceptors (Lipinski definition) is 2. The number of rotatable bonds is 3. The Morgan fingerprint density at radius 3 is 2.42 bits per heavy atom. The molecule has 0 bridgehead atoms. The number of ether oxygens (including phenoxy) is 1. The SMILES string of the molecule is COc1ccc(N(C)C(=N)N(C)c2ccc3cccc4c3c2CC4)cc1. The van der Waals surface area contributed by atoms with Crippen molar-refractivity contribution in [3.63, 3.8) is 0 Å². The quantitative estimate of drug-likeness (QED) is 0.563. The van der Waals surface area contributed by atoms with Gasteiger partial charge in [-0.05, 0) is 65.1 Å². The largest absolute Gasteiger partial charge is 0.497 e. The van der Waals surface area contributed by atoms with Crippen molar-refractivity contribution in [3.05, 3.63) is 65.7 Å². The number of benzene rings is 3. The van der Waals surface area contributed by atoms with Crippen LogP contribution in [0.25, 0.3) is 10.8 Å². The van der Waals surface area contributed by atoms with E-state index in [4.69, 9.17) is 10.1 Å². The summed E-state index contributed by atoms with van der Waals surface area (Å²) in [5.74, 6) is 1.26. The van der Waals surface area contributed by atoms with Crippen molar-refractivity contribution in [2.45, 2.75) is 12.8 Å². The van der Waals surface area contributed by atoms with Gasteiger partial charge in [-0.1, -0.05) is 24.3 Å². The maximum absolute atomic E-state index is 8.69. The average Bonchev–Trinajstić information content (AvgIpc) is 3.12. The summed E-state index contributed by atoms with van der Waals surface area (Å²) in [7, 11) is 5.55. The summed E-state index contributed by atoms with van der Waals surface area (Å²) in [6.45, 7) is 0. The summed E-state index contributed by atoms with van der Waals surface area (Å²) < 4.78 is 5.22. The molecule has 132 valence electrons. The number of aryl methyl sites for hydroxylation is 2. The minimum atomic E-state index is 0.440. The predicted molar refractivity (Wildman–Crippen MR) is 109 cm³/mol. The maximum Gasteiger partial charge on any atom is 0.202 e. The van der Waals surface area contributed by atoms with Crippen molar-refractivity contribution < 1.29 is 4.74 Å². The molecule has 0 saturated heterocycles. The van der Waals surface area contributed by atoms with Gasteiger partial charge in [0, 0.05) is 25.5 Å². The van der Waals surface area contributed by atoms with Crippen molar-refractivity contribution in [1.29, 1.82) is 5.41 Å². The van der Waals surface area contributed by atoms with Crippen LogP contribution in [0.5, 0.6) is 5.75 Å². The molecule has 1 aliphatic rings. The minimum absolute atomic E-state index is 0.440. The summed E-state index contributed by atoms with van der Waals surface area (Å²) in [4.78, 5) is 3.86. The van der Waals surface area contributed by atoms with Crippen molar-refractivity contribution in [1.82, 2.24) is 0 Å². The monoisotopic (exact) mass is 345 g/mol. The smallest absolute Gasteiger partial charge is 0.202 e. The van der Waals surface area contributed by atoms with E-state index in [0.29, 0.717) is 5.96 Å². The van der Waals surface area contributed by atoms with Gasteiger partial charge < -0.3 is 14.5 Å². The van der Waals surface area contributed by atoms with E-state index in [0.717, 1.165) is 30.0 Å². The molecule has 4 nitrogen and oxygen atoms in total. The molecule has 0 aliphatic heterocycles. The number of hydrogen-bond donors (Lipinski definition) is 1. The fraction of sp³-hybridized carbons (Fsp3) is 0.227. The molecule has 0 spiro atoms. The molecular weight excluding hydrogens is 322 g/mol. The summed E-state index contributed by atoms with van der Waals surface area (Å²) in [6, 6.07) is 18.6. The standard InChI is InChI=1S/C22H23N3O/c1-24(17-9-11-18(26-3)12-10-17)22(23)25(2)20-14-8-16-6-4-5-15-7-13-19(20)21(15)16/h4-6,8-12,14,23H,7,13H2,1-3H3. The van der Waals surface area contributed by atoms with E-state index in [-0.39, 0.29) is 0 Å². The molecule has 0 aromatic heterocycles. The number of nitrogens with one attached hydrogen (secondary N) is 1. The molecule has 0 unspecified atom stereocenters. The first kappa shape index (κ1) is 16.5. The van der Waals surface area contributed by atoms with Crippen LogP contribution in [-0.4, -0.2) is 27.2 Å². The lowest BCUT2D eigenvalue weighted by atomic mass is 10.0. The second-order valence-corrected chi connectivity index (χ2v) is 6.72. The minimum Gasteiger partial charge on any atom is -0.497 e. The second kappa shape index (κ2) is 6.37. The van der Waals surface area contributed by atoms with Crippen LogP contribution in [-0.2, 0) is 12.8 Å². The van der Waals surface area contributed by atoms with Crippen LogP contribution >= 0.6 is 0 Å². The number of guanidine groups is 1. The third-order valence-electron chi connectivity index (χ3n) is 5.32. The van der Waals surface area contributed by atoms with E-state index >= 15 is 0 Å². The molecular formula is C22H23N3O. The Bertz CT molecular complexity index is 979. The highest BCUT2D eigenvalue weighted by Gasteiger charge is 2.22. The average molecular weight is 345 g/mol. The van der Waals surface area contributed by atoms with Crippen molar-refractivity contribution >= 4 is 28.1 Å². The third kappa shape index (κ3) is 2.58. The van der Waals surface area contributed by atoms with Crippen molar-refractivity contribution in [3.8, 4) is 5.75 Å². The molecule has 1 aliphatic carbocycles. The summed E-state index contributed by atoms with van der Waals surface area (Å²) in [5, 5.41) is 11.4. The van der Waals surface area contributed by atoms with Gasteiger partial charge >= 0.3 is 0 Å². The van der Waals surface area contributed by atoms with Gasteiger partial charge in [-0.15, -0.1) is 0 Å². The Balaban J connectivity index is 1.66. The zero-order chi connectivity index (χ0) is 18.3. The molecule has 1 N–H and O–H groups in total. The topological polar surface area (TPSA) is 39.6 Å². The van der Waals surface area contributed by atoms with E-state index in [9.17, 15) is 0 Å². The van der Waals surface area contributed by atoms with Gasteiger partial charge in [0.05, 0.1) is 7.11 Å². The molecule has 3 aromatic carbocycles. The van der Waals surface area contributed by atoms with Gasteiger partial charge in [-0.25, -0.2) is 0 Å². The van der Waals surface area contributed by atoms with E-state index in [1.807, 2.05) is 48.2 Å². The molecule has 0 amide bonds. The molecule has 3 aromatic rings. The molecule has 0 saturated carbocycles. The van der Waals surface area contributed by atoms with Crippen LogP contribution in [0.3, 0.4) is 0 Å². The molecule has 0 fully saturated rings. The highest BCUT2D eigenvalue weighted by Crippen LogP contribution is 2.37. The Morgan fingerprint density at radius 2 is 1.69 bits per heavy atom. The molecule has 4 rings (SSSR count). The first-order chi connectivity index (χ1) is 12.6. The predicted octanol–water partition coefficient (Wildman–Crippen LogP) is 4.45. The Morgan fingerprint density at radius 1 is 0.923 bits per heavy atom. The van der Waals surface area contributed by atoms with Crippen LogP contribution in [0.4, 0.5) is 11.4 Å². The fourth-order valence-corrected chi connectivity index (χ4v) is 3.83. The zero-order valence-electron chi connectivity index (χ0n) is 15.4. The first-order valence-electron chi connectivity index (χ1n) is 8.83. The van der Waals surface area contributed by atoms with Crippen molar-refractivity contribution in [2.24, 2.45) is 0 Å². The van der Waals surface area contributed by atoms with Gasteiger partial charge in [0.15, 0.2) is 0 Å². The molecule has 26 heavy (non-hydrogen) atoms. The van der Waals surface area contributed by atoms with E-state index in [1.54, 1.807) is 7.11 Å². The van der Waals surface area contributed by atoms with Gasteiger partial charge in [0.1, 0.15) is 5.75 Å². The maximum atomic E-state index is 8.69. The molecule has 0 heterocycles.